The fraction of sp³-hybridized carbons (Fsp3) is 0.429. The molecule has 1 aliphatic heterocycles. The van der Waals surface area contributed by atoms with Crippen molar-refractivity contribution in [2.24, 2.45) is 0 Å². The van der Waals surface area contributed by atoms with Gasteiger partial charge in [-0.2, -0.15) is 0 Å². The lowest BCUT2D eigenvalue weighted by atomic mass is 10.2. The predicted molar refractivity (Wildman–Crippen MR) is 76.9 cm³/mol. The molecule has 1 aliphatic rings. The molecule has 0 saturated carbocycles. The SMILES string of the molecule is COCCNC(=O)Nc1ccc(N2CCCC2=O)cc1. The summed E-state index contributed by atoms with van der Waals surface area (Å²) in [6.07, 6.45) is 1.52. The Morgan fingerprint density at radius 2 is 2.10 bits per heavy atom. The summed E-state index contributed by atoms with van der Waals surface area (Å²) in [6.45, 7) is 1.70. The first kappa shape index (κ1) is 14.3. The van der Waals surface area contributed by atoms with Gasteiger partial charge < -0.3 is 20.3 Å². The average molecular weight is 277 g/mol. The Bertz CT molecular complexity index is 473. The molecule has 2 rings (SSSR count). The molecule has 0 spiro atoms. The average Bonchev–Trinajstić information content (AvgIpc) is 2.86. The molecular formula is C14H19N3O3. The highest BCUT2D eigenvalue weighted by atomic mass is 16.5. The molecule has 2 N–H and O–H groups in total. The highest BCUT2D eigenvalue weighted by molar-refractivity contribution is 5.96. The van der Waals surface area contributed by atoms with Gasteiger partial charge in [-0.3, -0.25) is 4.79 Å². The Morgan fingerprint density at radius 1 is 1.35 bits per heavy atom. The maximum atomic E-state index is 11.6. The van der Waals surface area contributed by atoms with Gasteiger partial charge in [-0.05, 0) is 30.7 Å². The van der Waals surface area contributed by atoms with Crippen LogP contribution in [0.3, 0.4) is 0 Å². The van der Waals surface area contributed by atoms with Crippen molar-refractivity contribution in [2.45, 2.75) is 12.8 Å². The summed E-state index contributed by atoms with van der Waals surface area (Å²) >= 11 is 0. The van der Waals surface area contributed by atoms with E-state index in [1.54, 1.807) is 24.1 Å². The van der Waals surface area contributed by atoms with E-state index in [2.05, 4.69) is 10.6 Å². The molecule has 1 aromatic rings. The molecule has 0 aromatic heterocycles. The number of nitrogens with zero attached hydrogens (tertiary/aromatic N) is 1. The molecule has 0 unspecified atom stereocenters. The van der Waals surface area contributed by atoms with Crippen molar-refractivity contribution < 1.29 is 14.3 Å². The lowest BCUT2D eigenvalue weighted by molar-refractivity contribution is -0.117. The van der Waals surface area contributed by atoms with Crippen LogP contribution in [-0.2, 0) is 9.53 Å². The summed E-state index contributed by atoms with van der Waals surface area (Å²) in [4.78, 5) is 24.9. The highest BCUT2D eigenvalue weighted by Gasteiger charge is 2.21. The number of benzene rings is 1. The molecule has 0 aliphatic carbocycles. The molecule has 6 nitrogen and oxygen atoms in total. The number of carbonyl (C=O) groups is 2. The molecule has 6 heteroatoms. The Kier molecular flexibility index (Phi) is 4.95. The van der Waals surface area contributed by atoms with Crippen LogP contribution >= 0.6 is 0 Å². The van der Waals surface area contributed by atoms with Gasteiger partial charge in [-0.1, -0.05) is 0 Å². The summed E-state index contributed by atoms with van der Waals surface area (Å²) in [5.41, 5.74) is 1.56. The van der Waals surface area contributed by atoms with Crippen LogP contribution in [0, 0.1) is 0 Å². The molecule has 1 saturated heterocycles. The van der Waals surface area contributed by atoms with Crippen LogP contribution < -0.4 is 15.5 Å². The number of carbonyl (C=O) groups excluding carboxylic acids is 2. The number of nitrogens with one attached hydrogen (secondary N) is 2. The van der Waals surface area contributed by atoms with Crippen LogP contribution in [0.5, 0.6) is 0 Å². The second-order valence-corrected chi connectivity index (χ2v) is 4.57. The van der Waals surface area contributed by atoms with E-state index in [1.807, 2.05) is 12.1 Å². The van der Waals surface area contributed by atoms with Gasteiger partial charge in [0.2, 0.25) is 5.91 Å². The second-order valence-electron chi connectivity index (χ2n) is 4.57. The van der Waals surface area contributed by atoms with Crippen LogP contribution in [-0.4, -0.2) is 38.7 Å². The van der Waals surface area contributed by atoms with Crippen LogP contribution in [0.25, 0.3) is 0 Å². The van der Waals surface area contributed by atoms with Gasteiger partial charge in [-0.15, -0.1) is 0 Å². The van der Waals surface area contributed by atoms with E-state index in [4.69, 9.17) is 4.74 Å². The lowest BCUT2D eigenvalue weighted by Crippen LogP contribution is -2.31. The number of urea groups is 1. The van der Waals surface area contributed by atoms with E-state index >= 15 is 0 Å². The van der Waals surface area contributed by atoms with E-state index in [-0.39, 0.29) is 11.9 Å². The first-order valence-electron chi connectivity index (χ1n) is 6.65. The molecule has 0 radical (unpaired) electrons. The van der Waals surface area contributed by atoms with Crippen LogP contribution in [0.15, 0.2) is 24.3 Å². The Balaban J connectivity index is 1.88. The van der Waals surface area contributed by atoms with Gasteiger partial charge >= 0.3 is 6.03 Å². The zero-order valence-corrected chi connectivity index (χ0v) is 11.5. The third kappa shape index (κ3) is 3.71. The van der Waals surface area contributed by atoms with Crippen molar-refractivity contribution in [1.82, 2.24) is 5.32 Å². The lowest BCUT2D eigenvalue weighted by Gasteiger charge is -2.16. The second kappa shape index (κ2) is 6.91. The zero-order chi connectivity index (χ0) is 14.4. The third-order valence-electron chi connectivity index (χ3n) is 3.10. The van der Waals surface area contributed by atoms with E-state index in [9.17, 15) is 9.59 Å². The van der Waals surface area contributed by atoms with Crippen LogP contribution in [0.1, 0.15) is 12.8 Å². The van der Waals surface area contributed by atoms with Gasteiger partial charge in [0, 0.05) is 38.0 Å². The largest absolute Gasteiger partial charge is 0.383 e. The molecule has 0 atom stereocenters. The fourth-order valence-corrected chi connectivity index (χ4v) is 2.09. The molecule has 1 fully saturated rings. The minimum atomic E-state index is -0.271. The molecule has 3 amide bonds. The number of amides is 3. The molecule has 1 aromatic carbocycles. The summed E-state index contributed by atoms with van der Waals surface area (Å²) in [5, 5.41) is 5.39. The first-order valence-corrected chi connectivity index (χ1v) is 6.65. The summed E-state index contributed by atoms with van der Waals surface area (Å²) < 4.78 is 4.85. The van der Waals surface area contributed by atoms with Crippen molar-refractivity contribution in [2.75, 3.05) is 37.0 Å². The maximum absolute atomic E-state index is 11.6. The molecule has 1 heterocycles. The van der Waals surface area contributed by atoms with Crippen molar-refractivity contribution in [3.63, 3.8) is 0 Å². The summed E-state index contributed by atoms with van der Waals surface area (Å²) in [6, 6.07) is 6.99. The smallest absolute Gasteiger partial charge is 0.319 e. The standard InChI is InChI=1S/C14H19N3O3/c1-20-10-8-15-14(19)16-11-4-6-12(7-5-11)17-9-2-3-13(17)18/h4-7H,2-3,8-10H2,1H3,(H2,15,16,19). The zero-order valence-electron chi connectivity index (χ0n) is 11.5. The number of methoxy groups -OCH3 is 1. The number of rotatable bonds is 5. The van der Waals surface area contributed by atoms with Crippen molar-refractivity contribution in [3.8, 4) is 0 Å². The molecular weight excluding hydrogens is 258 g/mol. The summed E-state index contributed by atoms with van der Waals surface area (Å²) in [5.74, 6) is 0.156. The number of ether oxygens (including phenoxy) is 1. The normalized spacial score (nSPS) is 14.4. The van der Waals surface area contributed by atoms with Crippen LogP contribution in [0.2, 0.25) is 0 Å². The van der Waals surface area contributed by atoms with E-state index < -0.39 is 0 Å². The fourth-order valence-electron chi connectivity index (χ4n) is 2.09. The first-order chi connectivity index (χ1) is 9.70. The maximum Gasteiger partial charge on any atom is 0.319 e. The van der Waals surface area contributed by atoms with Gasteiger partial charge in [0.25, 0.3) is 0 Å². The van der Waals surface area contributed by atoms with E-state index in [0.717, 1.165) is 18.7 Å². The minimum absolute atomic E-state index is 0.156. The van der Waals surface area contributed by atoms with Gasteiger partial charge in [0.1, 0.15) is 0 Å². The van der Waals surface area contributed by atoms with Crippen molar-refractivity contribution in [3.05, 3.63) is 24.3 Å². The quantitative estimate of drug-likeness (QED) is 0.803. The Morgan fingerprint density at radius 3 is 2.70 bits per heavy atom. The van der Waals surface area contributed by atoms with E-state index in [0.29, 0.717) is 25.3 Å². The van der Waals surface area contributed by atoms with Gasteiger partial charge in [-0.25, -0.2) is 4.79 Å². The van der Waals surface area contributed by atoms with Gasteiger partial charge in [0.15, 0.2) is 0 Å². The number of hydrogen-bond acceptors (Lipinski definition) is 3. The molecule has 0 bridgehead atoms. The number of hydrogen-bond donors (Lipinski definition) is 2. The van der Waals surface area contributed by atoms with Gasteiger partial charge in [0.05, 0.1) is 6.61 Å². The van der Waals surface area contributed by atoms with Crippen molar-refractivity contribution in [1.29, 1.82) is 0 Å². The molecule has 108 valence electrons. The monoisotopic (exact) mass is 277 g/mol. The molecule has 20 heavy (non-hydrogen) atoms. The van der Waals surface area contributed by atoms with Crippen LogP contribution in [0.4, 0.5) is 16.2 Å². The highest BCUT2D eigenvalue weighted by Crippen LogP contribution is 2.22. The Labute approximate surface area is 118 Å². The Hall–Kier alpha value is -2.08. The predicted octanol–water partition coefficient (Wildman–Crippen LogP) is 1.58. The minimum Gasteiger partial charge on any atom is -0.383 e. The van der Waals surface area contributed by atoms with Crippen molar-refractivity contribution >= 4 is 23.3 Å². The summed E-state index contributed by atoms with van der Waals surface area (Å²) in [7, 11) is 1.58. The van der Waals surface area contributed by atoms with E-state index in [1.165, 1.54) is 0 Å². The number of anilines is 2. The topological polar surface area (TPSA) is 70.7 Å². The third-order valence-corrected chi connectivity index (χ3v) is 3.10.